The molecule has 0 fully saturated rings. The van der Waals surface area contributed by atoms with Gasteiger partial charge in [-0.25, -0.2) is 9.97 Å². The lowest BCUT2D eigenvalue weighted by Gasteiger charge is -2.29. The molecule has 0 radical (unpaired) electrons. The molecule has 10 heteroatoms. The smallest absolute Gasteiger partial charge is 0.257 e. The van der Waals surface area contributed by atoms with Crippen LogP contribution in [-0.2, 0) is 19.4 Å². The van der Waals surface area contributed by atoms with Crippen LogP contribution in [0.2, 0.25) is 0 Å². The van der Waals surface area contributed by atoms with E-state index in [9.17, 15) is 9.59 Å². The van der Waals surface area contributed by atoms with E-state index in [-0.39, 0.29) is 11.7 Å². The number of thioether (sulfide) groups is 1. The third-order valence-electron chi connectivity index (χ3n) is 6.79. The summed E-state index contributed by atoms with van der Waals surface area (Å²) < 4.78 is 1.04. The molecule has 0 spiro atoms. The quantitative estimate of drug-likeness (QED) is 0.114. The van der Waals surface area contributed by atoms with Crippen LogP contribution in [0.1, 0.15) is 50.2 Å². The molecule has 0 bridgehead atoms. The Labute approximate surface area is 244 Å². The Morgan fingerprint density at radius 3 is 2.70 bits per heavy atom. The zero-order chi connectivity index (χ0) is 27.5. The van der Waals surface area contributed by atoms with Crippen molar-refractivity contribution < 1.29 is 9.59 Å². The predicted octanol–water partition coefficient (Wildman–Crippen LogP) is 6.89. The number of hydrogen-bond donors (Lipinski definition) is 1. The van der Waals surface area contributed by atoms with Crippen molar-refractivity contribution in [2.75, 3.05) is 22.5 Å². The summed E-state index contributed by atoms with van der Waals surface area (Å²) in [6, 6.07) is 17.8. The summed E-state index contributed by atoms with van der Waals surface area (Å²) in [7, 11) is 0. The molecule has 0 unspecified atom stereocenters. The Morgan fingerprint density at radius 1 is 1.02 bits per heavy atom. The van der Waals surface area contributed by atoms with Gasteiger partial charge in [-0.05, 0) is 66.5 Å². The normalized spacial score (nSPS) is 12.9. The molecule has 40 heavy (non-hydrogen) atoms. The number of Topliss-reactive ketones (excluding diaryl/α,β-unsaturated/α-hetero) is 1. The van der Waals surface area contributed by atoms with Crippen LogP contribution in [-0.4, -0.2) is 38.9 Å². The van der Waals surface area contributed by atoms with Crippen molar-refractivity contribution in [1.82, 2.24) is 15.0 Å². The summed E-state index contributed by atoms with van der Waals surface area (Å²) in [5.41, 5.74) is 4.27. The first-order valence-corrected chi connectivity index (χ1v) is 15.7. The van der Waals surface area contributed by atoms with E-state index in [0.29, 0.717) is 22.9 Å². The Balaban J connectivity index is 1.17. The minimum atomic E-state index is -0.159. The lowest BCUT2D eigenvalue weighted by Crippen LogP contribution is -2.32. The van der Waals surface area contributed by atoms with Gasteiger partial charge in [0.25, 0.3) is 5.91 Å². The number of ketones is 1. The molecule has 1 N–H and O–H groups in total. The Hall–Kier alpha value is -3.60. The molecule has 0 aliphatic carbocycles. The van der Waals surface area contributed by atoms with Crippen LogP contribution in [0.15, 0.2) is 71.9 Å². The SMILES string of the molecule is CC(=O)c1nc(N2CCc3cccc(C(=O)Nc4nc5ccccc5s4)c3C2)sc1CCCSc1ccncc1. The maximum Gasteiger partial charge on any atom is 0.257 e. The number of carbonyl (C=O) groups is 2. The van der Waals surface area contributed by atoms with E-state index in [1.54, 1.807) is 42.4 Å². The number of benzene rings is 2. The van der Waals surface area contributed by atoms with Gasteiger partial charge < -0.3 is 4.90 Å². The molecule has 0 atom stereocenters. The number of aromatic nitrogens is 3. The lowest BCUT2D eigenvalue weighted by molar-refractivity contribution is 0.100. The number of pyridine rings is 1. The van der Waals surface area contributed by atoms with E-state index in [1.165, 1.54) is 21.8 Å². The minimum absolute atomic E-state index is 0.00685. The molecular weight excluding hydrogens is 559 g/mol. The Morgan fingerprint density at radius 2 is 1.88 bits per heavy atom. The maximum atomic E-state index is 13.4. The van der Waals surface area contributed by atoms with Crippen molar-refractivity contribution in [3.8, 4) is 0 Å². The number of rotatable bonds is 9. The lowest BCUT2D eigenvalue weighted by atomic mass is 9.94. The highest BCUT2D eigenvalue weighted by atomic mass is 32.2. The highest BCUT2D eigenvalue weighted by Gasteiger charge is 2.26. The molecule has 7 nitrogen and oxygen atoms in total. The van der Waals surface area contributed by atoms with Crippen LogP contribution in [0.4, 0.5) is 10.3 Å². The van der Waals surface area contributed by atoms with Gasteiger partial charge in [-0.2, -0.15) is 0 Å². The molecule has 2 aromatic carbocycles. The van der Waals surface area contributed by atoms with Crippen molar-refractivity contribution in [1.29, 1.82) is 0 Å². The van der Waals surface area contributed by atoms with Crippen LogP contribution < -0.4 is 10.2 Å². The zero-order valence-corrected chi connectivity index (χ0v) is 24.4. The first kappa shape index (κ1) is 26.6. The fourth-order valence-electron chi connectivity index (χ4n) is 4.82. The van der Waals surface area contributed by atoms with Crippen LogP contribution in [0.5, 0.6) is 0 Å². The minimum Gasteiger partial charge on any atom is -0.343 e. The van der Waals surface area contributed by atoms with Crippen molar-refractivity contribution in [3.63, 3.8) is 0 Å². The molecule has 5 aromatic rings. The Bertz CT molecular complexity index is 1650. The van der Waals surface area contributed by atoms with E-state index >= 15 is 0 Å². The third kappa shape index (κ3) is 5.79. The van der Waals surface area contributed by atoms with Gasteiger partial charge in [0.1, 0.15) is 5.69 Å². The number of aryl methyl sites for hydroxylation is 1. The van der Waals surface area contributed by atoms with Crippen LogP contribution in [0.3, 0.4) is 0 Å². The molecule has 1 aliphatic heterocycles. The second kappa shape index (κ2) is 11.9. The van der Waals surface area contributed by atoms with Gasteiger partial charge >= 0.3 is 0 Å². The number of fused-ring (bicyclic) bond motifs is 2. The van der Waals surface area contributed by atoms with Crippen LogP contribution >= 0.6 is 34.4 Å². The molecule has 6 rings (SSSR count). The highest BCUT2D eigenvalue weighted by Crippen LogP contribution is 2.34. The van der Waals surface area contributed by atoms with Gasteiger partial charge in [-0.1, -0.05) is 35.6 Å². The average molecular weight is 586 g/mol. The number of para-hydroxylation sites is 1. The predicted molar refractivity (Wildman–Crippen MR) is 164 cm³/mol. The van der Waals surface area contributed by atoms with Gasteiger partial charge in [0.15, 0.2) is 16.0 Å². The van der Waals surface area contributed by atoms with Gasteiger partial charge in [0.05, 0.1) is 10.2 Å². The van der Waals surface area contributed by atoms with E-state index < -0.39 is 0 Å². The summed E-state index contributed by atoms with van der Waals surface area (Å²) >= 11 is 4.87. The van der Waals surface area contributed by atoms with Gasteiger partial charge in [-0.15, -0.1) is 23.1 Å². The first-order valence-electron chi connectivity index (χ1n) is 13.1. The fraction of sp³-hybridized carbons (Fsp3) is 0.233. The molecule has 202 valence electrons. The fourth-order valence-corrected chi connectivity index (χ4v) is 7.70. The van der Waals surface area contributed by atoms with Gasteiger partial charge in [0.2, 0.25) is 0 Å². The van der Waals surface area contributed by atoms with Crippen molar-refractivity contribution in [2.24, 2.45) is 0 Å². The monoisotopic (exact) mass is 585 g/mol. The average Bonchev–Trinajstić information content (AvgIpc) is 3.59. The van der Waals surface area contributed by atoms with Crippen LogP contribution in [0, 0.1) is 0 Å². The first-order chi connectivity index (χ1) is 19.5. The molecule has 1 amide bonds. The van der Waals surface area contributed by atoms with Crippen molar-refractivity contribution >= 4 is 66.6 Å². The summed E-state index contributed by atoms with van der Waals surface area (Å²) in [6.45, 7) is 2.95. The van der Waals surface area contributed by atoms with E-state index in [1.807, 2.05) is 48.5 Å². The van der Waals surface area contributed by atoms with Crippen molar-refractivity contribution in [3.05, 3.63) is 94.3 Å². The summed E-state index contributed by atoms with van der Waals surface area (Å²) in [5.74, 6) is 0.792. The van der Waals surface area contributed by atoms with E-state index in [4.69, 9.17) is 4.98 Å². The zero-order valence-electron chi connectivity index (χ0n) is 21.9. The number of amides is 1. The topological polar surface area (TPSA) is 88.1 Å². The number of thiazole rings is 2. The van der Waals surface area contributed by atoms with E-state index in [0.717, 1.165) is 57.3 Å². The molecular formula is C30H27N5O2S3. The number of nitrogens with zero attached hydrogens (tertiary/aromatic N) is 4. The van der Waals surface area contributed by atoms with Crippen molar-refractivity contribution in [2.45, 2.75) is 37.6 Å². The maximum absolute atomic E-state index is 13.4. The molecule has 0 saturated heterocycles. The molecule has 4 heterocycles. The molecule has 0 saturated carbocycles. The number of hydrogen-bond acceptors (Lipinski definition) is 9. The Kier molecular flexibility index (Phi) is 7.90. The number of anilines is 2. The largest absolute Gasteiger partial charge is 0.343 e. The highest BCUT2D eigenvalue weighted by molar-refractivity contribution is 7.99. The summed E-state index contributed by atoms with van der Waals surface area (Å²) in [6.07, 6.45) is 6.18. The van der Waals surface area contributed by atoms with Crippen LogP contribution in [0.25, 0.3) is 10.2 Å². The van der Waals surface area contributed by atoms with Gasteiger partial charge in [0, 0.05) is 47.7 Å². The number of nitrogens with one attached hydrogen (secondary N) is 1. The van der Waals surface area contributed by atoms with E-state index in [2.05, 4.69) is 26.3 Å². The molecule has 3 aromatic heterocycles. The summed E-state index contributed by atoms with van der Waals surface area (Å²) in [5, 5.41) is 4.44. The summed E-state index contributed by atoms with van der Waals surface area (Å²) in [4.78, 5) is 43.7. The molecule has 1 aliphatic rings. The standard InChI is InChI=1S/C30H27N5O2S3/c1-19(36)27-26(10-5-17-38-21-11-14-31-15-12-21)40-30(33-27)35-16-13-20-6-4-7-22(23(20)18-35)28(37)34-29-32-24-8-2-3-9-25(24)39-29/h2-4,6-9,11-12,14-15H,5,10,13,16-18H2,1H3,(H,32,34,37). The number of carbonyl (C=O) groups excluding carboxylic acids is 2. The second-order valence-electron chi connectivity index (χ2n) is 9.52. The third-order valence-corrected chi connectivity index (χ3v) is 10.0. The second-order valence-corrected chi connectivity index (χ2v) is 12.8. The van der Waals surface area contributed by atoms with Gasteiger partial charge in [-0.3, -0.25) is 19.9 Å².